The molecular formula is C42H68N2O5. The zero-order chi connectivity index (χ0) is 35.8. The number of nitrogens with one attached hydrogen (secondary N) is 2. The van der Waals surface area contributed by atoms with Gasteiger partial charge >= 0.3 is 18.0 Å². The highest BCUT2D eigenvalue weighted by atomic mass is 16.5. The van der Waals surface area contributed by atoms with Gasteiger partial charge in [0, 0.05) is 17.0 Å². The van der Waals surface area contributed by atoms with Gasteiger partial charge in [-0.15, -0.1) is 0 Å². The monoisotopic (exact) mass is 681 g/mol. The van der Waals surface area contributed by atoms with Crippen molar-refractivity contribution in [3.05, 3.63) is 12.2 Å². The van der Waals surface area contributed by atoms with E-state index in [4.69, 9.17) is 4.74 Å². The third kappa shape index (κ3) is 5.87. The summed E-state index contributed by atoms with van der Waals surface area (Å²) < 4.78 is 6.18. The lowest BCUT2D eigenvalue weighted by Gasteiger charge is -2.73. The van der Waals surface area contributed by atoms with Crippen molar-refractivity contribution < 1.29 is 24.2 Å². The molecule has 0 unspecified atom stereocenters. The topological polar surface area (TPSA) is 105 Å². The average Bonchev–Trinajstić information content (AvgIpc) is 3.38. The van der Waals surface area contributed by atoms with Crippen LogP contribution in [-0.2, 0) is 14.3 Å². The molecule has 6 fully saturated rings. The summed E-state index contributed by atoms with van der Waals surface area (Å²) in [7, 11) is 0. The second kappa shape index (κ2) is 12.6. The molecular weight excluding hydrogens is 612 g/mol. The van der Waals surface area contributed by atoms with Crippen molar-refractivity contribution in [3.8, 4) is 0 Å². The number of hydrogen-bond acceptors (Lipinski definition) is 4. The molecule has 0 aromatic rings. The van der Waals surface area contributed by atoms with Gasteiger partial charge in [-0.05, 0) is 144 Å². The molecule has 6 rings (SSSR count). The minimum absolute atomic E-state index is 0.0574. The van der Waals surface area contributed by atoms with E-state index in [-0.39, 0.29) is 45.8 Å². The molecule has 0 spiro atoms. The van der Waals surface area contributed by atoms with Crippen LogP contribution < -0.4 is 10.6 Å². The summed E-state index contributed by atoms with van der Waals surface area (Å²) in [5.74, 6) is 1.07. The van der Waals surface area contributed by atoms with Gasteiger partial charge in [-0.1, -0.05) is 66.0 Å². The predicted octanol–water partition coefficient (Wildman–Crippen LogP) is 9.44. The van der Waals surface area contributed by atoms with Gasteiger partial charge in [0.25, 0.3) is 0 Å². The summed E-state index contributed by atoms with van der Waals surface area (Å²) in [5.41, 5.74) is 0.302. The first kappa shape index (κ1) is 36.7. The van der Waals surface area contributed by atoms with E-state index in [2.05, 4.69) is 58.8 Å². The fraction of sp³-hybridized carbons (Fsp3) is 0.881. The minimum Gasteiger partial charge on any atom is -0.481 e. The number of carbonyl (C=O) groups excluding carboxylic acids is 2. The van der Waals surface area contributed by atoms with Crippen molar-refractivity contribution in [2.45, 2.75) is 176 Å². The van der Waals surface area contributed by atoms with Gasteiger partial charge in [-0.25, -0.2) is 4.79 Å². The van der Waals surface area contributed by atoms with Crippen molar-refractivity contribution in [1.29, 1.82) is 0 Å². The first-order valence-corrected chi connectivity index (χ1v) is 20.0. The van der Waals surface area contributed by atoms with E-state index in [0.717, 1.165) is 57.8 Å². The van der Waals surface area contributed by atoms with Crippen LogP contribution in [0.1, 0.15) is 158 Å². The molecule has 49 heavy (non-hydrogen) atoms. The SMILES string of the molecule is C=C(C)[C@@H]1CC[C@]2(NC(=O)NC3CCCCC3)CC[C@]3(C)[C@H](CC[C@@H]4[C@@]5(C)CC[C@H](OC(=O)CC(C)(C)C(=O)O)C(C)(C)[C@@H]5CC[C@]43C)[C@@H]12. The Morgan fingerprint density at radius 3 is 2.16 bits per heavy atom. The van der Waals surface area contributed by atoms with E-state index in [0.29, 0.717) is 35.6 Å². The highest BCUT2D eigenvalue weighted by molar-refractivity contribution is 5.81. The van der Waals surface area contributed by atoms with Gasteiger partial charge in [0.2, 0.25) is 0 Å². The van der Waals surface area contributed by atoms with Crippen molar-refractivity contribution in [3.63, 3.8) is 0 Å². The Balaban J connectivity index is 1.23. The van der Waals surface area contributed by atoms with Gasteiger partial charge in [0.15, 0.2) is 0 Å². The van der Waals surface area contributed by atoms with Crippen LogP contribution in [-0.4, -0.2) is 40.8 Å². The standard InChI is InChI=1S/C42H68N2O5/c1-26(2)28-17-22-42(44-36(48)43-27-13-11-10-12-14-27)24-23-40(8)29(34(28)42)15-16-31-39(7)20-19-32(49-33(45)25-37(3,4)35(46)47)38(5,6)30(39)18-21-41(31,40)9/h27-32,34H,1,10-25H2,2-9H3,(H,46,47)(H2,43,44,48)/t28-,29+,30-,31+,32-,34+,39-,40+,41+,42-/m0/s1. The van der Waals surface area contributed by atoms with E-state index in [1.165, 1.54) is 44.1 Å². The first-order chi connectivity index (χ1) is 22.8. The number of amides is 2. The van der Waals surface area contributed by atoms with E-state index in [1.807, 2.05) is 0 Å². The van der Waals surface area contributed by atoms with Crippen molar-refractivity contribution in [2.75, 3.05) is 0 Å². The third-order valence-corrected chi connectivity index (χ3v) is 16.7. The lowest BCUT2D eigenvalue weighted by atomic mass is 9.32. The molecule has 7 heteroatoms. The Bertz CT molecular complexity index is 1330. The fourth-order valence-electron chi connectivity index (χ4n) is 13.9. The number of rotatable bonds is 7. The zero-order valence-corrected chi connectivity index (χ0v) is 32.1. The molecule has 3 N–H and O–H groups in total. The van der Waals surface area contributed by atoms with Gasteiger partial charge in [0.05, 0.1) is 11.8 Å². The molecule has 10 atom stereocenters. The van der Waals surface area contributed by atoms with Crippen molar-refractivity contribution >= 4 is 18.0 Å². The molecule has 0 heterocycles. The van der Waals surface area contributed by atoms with Gasteiger partial charge < -0.3 is 20.5 Å². The van der Waals surface area contributed by atoms with Crippen molar-refractivity contribution in [2.24, 2.45) is 56.7 Å². The molecule has 0 aliphatic heterocycles. The second-order valence-electron chi connectivity index (χ2n) is 20.0. The molecule has 0 radical (unpaired) electrons. The number of carboxylic acids is 1. The highest BCUT2D eigenvalue weighted by Gasteiger charge is 2.71. The zero-order valence-electron chi connectivity index (χ0n) is 32.1. The molecule has 0 bridgehead atoms. The molecule has 6 aliphatic rings. The number of ether oxygens (including phenoxy) is 1. The molecule has 2 amide bonds. The maximum atomic E-state index is 13.7. The molecule has 276 valence electrons. The van der Waals surface area contributed by atoms with Crippen LogP contribution in [0.2, 0.25) is 0 Å². The molecule has 7 nitrogen and oxygen atoms in total. The third-order valence-electron chi connectivity index (χ3n) is 16.7. The van der Waals surface area contributed by atoms with Crippen LogP contribution in [0.25, 0.3) is 0 Å². The Kier molecular flexibility index (Phi) is 9.42. The largest absolute Gasteiger partial charge is 0.481 e. The number of carbonyl (C=O) groups is 3. The quantitative estimate of drug-likeness (QED) is 0.184. The Hall–Kier alpha value is -2.05. The van der Waals surface area contributed by atoms with E-state index in [9.17, 15) is 19.5 Å². The molecule has 6 saturated carbocycles. The lowest BCUT2D eigenvalue weighted by molar-refractivity contribution is -0.246. The summed E-state index contributed by atoms with van der Waals surface area (Å²) in [6, 6.07) is 0.363. The summed E-state index contributed by atoms with van der Waals surface area (Å²) in [6.07, 6.45) is 16.5. The molecule has 0 aromatic carbocycles. The number of urea groups is 1. The summed E-state index contributed by atoms with van der Waals surface area (Å²) in [5, 5.41) is 16.7. The van der Waals surface area contributed by atoms with E-state index < -0.39 is 17.4 Å². The Morgan fingerprint density at radius 2 is 1.51 bits per heavy atom. The summed E-state index contributed by atoms with van der Waals surface area (Å²) in [6.45, 7) is 22.4. The van der Waals surface area contributed by atoms with Crippen LogP contribution in [0.4, 0.5) is 4.79 Å². The minimum atomic E-state index is -1.14. The second-order valence-corrected chi connectivity index (χ2v) is 20.0. The van der Waals surface area contributed by atoms with Gasteiger partial charge in [-0.2, -0.15) is 0 Å². The number of hydrogen-bond donors (Lipinski definition) is 3. The molecule has 0 saturated heterocycles. The molecule has 0 aromatic heterocycles. The summed E-state index contributed by atoms with van der Waals surface area (Å²) in [4.78, 5) is 38.5. The maximum absolute atomic E-state index is 13.7. The number of aliphatic carboxylic acids is 1. The average molecular weight is 681 g/mol. The van der Waals surface area contributed by atoms with Crippen LogP contribution in [0.5, 0.6) is 0 Å². The number of allylic oxidation sites excluding steroid dienone is 1. The highest BCUT2D eigenvalue weighted by Crippen LogP contribution is 2.76. The van der Waals surface area contributed by atoms with E-state index in [1.54, 1.807) is 13.8 Å². The predicted molar refractivity (Wildman–Crippen MR) is 194 cm³/mol. The maximum Gasteiger partial charge on any atom is 0.315 e. The van der Waals surface area contributed by atoms with Gasteiger partial charge in [-0.3, -0.25) is 9.59 Å². The fourth-order valence-corrected chi connectivity index (χ4v) is 13.9. The van der Waals surface area contributed by atoms with Crippen LogP contribution >= 0.6 is 0 Å². The summed E-state index contributed by atoms with van der Waals surface area (Å²) >= 11 is 0. The normalized spacial score (nSPS) is 43.2. The van der Waals surface area contributed by atoms with Crippen LogP contribution in [0, 0.1) is 56.7 Å². The molecule has 6 aliphatic carbocycles. The first-order valence-electron chi connectivity index (χ1n) is 20.0. The van der Waals surface area contributed by atoms with Gasteiger partial charge in [0.1, 0.15) is 6.10 Å². The smallest absolute Gasteiger partial charge is 0.315 e. The Labute approximate surface area is 296 Å². The van der Waals surface area contributed by atoms with Crippen molar-refractivity contribution in [1.82, 2.24) is 10.6 Å². The number of esters is 1. The number of fused-ring (bicyclic) bond motifs is 7. The Morgan fingerprint density at radius 1 is 0.816 bits per heavy atom. The van der Waals surface area contributed by atoms with Crippen LogP contribution in [0.3, 0.4) is 0 Å². The number of carboxylic acid groups (broad SMARTS) is 1. The van der Waals surface area contributed by atoms with E-state index >= 15 is 0 Å². The lowest BCUT2D eigenvalue weighted by Crippen LogP contribution is -2.69. The van der Waals surface area contributed by atoms with Crippen LogP contribution in [0.15, 0.2) is 12.2 Å².